The van der Waals surface area contributed by atoms with Crippen molar-refractivity contribution in [2.24, 2.45) is 5.92 Å². The predicted molar refractivity (Wildman–Crippen MR) is 83.0 cm³/mol. The summed E-state index contributed by atoms with van der Waals surface area (Å²) in [5, 5.41) is 9.92. The van der Waals surface area contributed by atoms with Gasteiger partial charge in [-0.3, -0.25) is 0 Å². The average molecular weight is 292 g/mol. The van der Waals surface area contributed by atoms with Gasteiger partial charge in [-0.2, -0.15) is 0 Å². The standard InChI is InChI=1S/C17H25FN2O/c1-12(21)17-14(18)6-3-7-16(17)20-10-8-15-13(11-20)5-4-9-19(15)2/h3,6-7,12-13,15,21H,4-5,8-11H2,1-2H3/t12-,13?,15?/m1/s1. The van der Waals surface area contributed by atoms with Crippen molar-refractivity contribution in [3.05, 3.63) is 29.6 Å². The zero-order chi connectivity index (χ0) is 15.0. The lowest BCUT2D eigenvalue weighted by molar-refractivity contribution is 0.102. The van der Waals surface area contributed by atoms with E-state index in [1.807, 2.05) is 6.07 Å². The molecule has 1 aromatic rings. The van der Waals surface area contributed by atoms with Crippen LogP contribution in [-0.2, 0) is 0 Å². The highest BCUT2D eigenvalue weighted by atomic mass is 19.1. The van der Waals surface area contributed by atoms with E-state index in [1.54, 1.807) is 13.0 Å². The zero-order valence-corrected chi connectivity index (χ0v) is 12.9. The van der Waals surface area contributed by atoms with Crippen LogP contribution in [0.25, 0.3) is 0 Å². The molecule has 0 aliphatic carbocycles. The molecular formula is C17H25FN2O. The Morgan fingerprint density at radius 3 is 2.86 bits per heavy atom. The first-order chi connectivity index (χ1) is 10.1. The second-order valence-corrected chi connectivity index (χ2v) is 6.53. The summed E-state index contributed by atoms with van der Waals surface area (Å²) < 4.78 is 14.1. The van der Waals surface area contributed by atoms with Crippen molar-refractivity contribution in [2.75, 3.05) is 31.6 Å². The topological polar surface area (TPSA) is 26.7 Å². The van der Waals surface area contributed by atoms with Crippen LogP contribution in [0.1, 0.15) is 37.9 Å². The van der Waals surface area contributed by atoms with Crippen LogP contribution in [0.3, 0.4) is 0 Å². The third-order valence-corrected chi connectivity index (χ3v) is 5.13. The van der Waals surface area contributed by atoms with Crippen molar-refractivity contribution in [3.63, 3.8) is 0 Å². The second kappa shape index (κ2) is 5.93. The van der Waals surface area contributed by atoms with Crippen LogP contribution < -0.4 is 4.90 Å². The fourth-order valence-electron chi connectivity index (χ4n) is 4.09. The molecule has 0 spiro atoms. The highest BCUT2D eigenvalue weighted by molar-refractivity contribution is 5.55. The van der Waals surface area contributed by atoms with Crippen LogP contribution in [0.4, 0.5) is 10.1 Å². The van der Waals surface area contributed by atoms with Gasteiger partial charge in [-0.05, 0) is 57.8 Å². The first-order valence-corrected chi connectivity index (χ1v) is 7.99. The lowest BCUT2D eigenvalue weighted by atomic mass is 9.84. The molecule has 3 nitrogen and oxygen atoms in total. The van der Waals surface area contributed by atoms with Crippen LogP contribution in [0, 0.1) is 11.7 Å². The summed E-state index contributed by atoms with van der Waals surface area (Å²) in [5.74, 6) is 0.355. The molecule has 3 atom stereocenters. The van der Waals surface area contributed by atoms with Gasteiger partial charge in [-0.1, -0.05) is 6.07 Å². The van der Waals surface area contributed by atoms with E-state index in [0.29, 0.717) is 17.5 Å². The molecule has 4 heteroatoms. The summed E-state index contributed by atoms with van der Waals surface area (Å²) in [4.78, 5) is 4.75. The molecule has 0 bridgehead atoms. The van der Waals surface area contributed by atoms with Gasteiger partial charge in [0.2, 0.25) is 0 Å². The molecule has 2 saturated heterocycles. The molecule has 2 aliphatic heterocycles. The van der Waals surface area contributed by atoms with E-state index in [9.17, 15) is 9.50 Å². The highest BCUT2D eigenvalue weighted by Crippen LogP contribution is 2.35. The maximum Gasteiger partial charge on any atom is 0.131 e. The minimum Gasteiger partial charge on any atom is -0.389 e. The fraction of sp³-hybridized carbons (Fsp3) is 0.647. The fourth-order valence-corrected chi connectivity index (χ4v) is 4.09. The van der Waals surface area contributed by atoms with Gasteiger partial charge in [-0.25, -0.2) is 4.39 Å². The SMILES string of the molecule is C[C@@H](O)c1c(F)cccc1N1CCC2C(CCCN2C)C1. The Morgan fingerprint density at radius 2 is 2.10 bits per heavy atom. The van der Waals surface area contributed by atoms with Crippen LogP contribution in [-0.4, -0.2) is 42.7 Å². The van der Waals surface area contributed by atoms with Crippen molar-refractivity contribution >= 4 is 5.69 Å². The summed E-state index contributed by atoms with van der Waals surface area (Å²) >= 11 is 0. The Hall–Kier alpha value is -1.13. The number of halogens is 1. The van der Waals surface area contributed by atoms with E-state index < -0.39 is 6.10 Å². The van der Waals surface area contributed by atoms with Gasteiger partial charge < -0.3 is 14.9 Å². The molecule has 0 aromatic heterocycles. The summed E-state index contributed by atoms with van der Waals surface area (Å²) in [6, 6.07) is 5.79. The summed E-state index contributed by atoms with van der Waals surface area (Å²) in [7, 11) is 2.22. The second-order valence-electron chi connectivity index (χ2n) is 6.53. The third-order valence-electron chi connectivity index (χ3n) is 5.13. The Balaban J connectivity index is 1.84. The normalized spacial score (nSPS) is 28.3. The molecule has 2 aliphatic rings. The van der Waals surface area contributed by atoms with Gasteiger partial charge in [0.1, 0.15) is 5.82 Å². The minimum absolute atomic E-state index is 0.301. The molecule has 0 saturated carbocycles. The molecule has 1 aromatic carbocycles. The molecule has 0 amide bonds. The van der Waals surface area contributed by atoms with Crippen molar-refractivity contribution in [1.29, 1.82) is 0 Å². The van der Waals surface area contributed by atoms with Crippen LogP contribution >= 0.6 is 0 Å². The third kappa shape index (κ3) is 2.79. The number of aliphatic hydroxyl groups is 1. The van der Waals surface area contributed by atoms with Crippen molar-refractivity contribution < 1.29 is 9.50 Å². The highest BCUT2D eigenvalue weighted by Gasteiger charge is 2.35. The lowest BCUT2D eigenvalue weighted by Gasteiger charge is -2.47. The molecule has 21 heavy (non-hydrogen) atoms. The van der Waals surface area contributed by atoms with Gasteiger partial charge >= 0.3 is 0 Å². The molecule has 0 radical (unpaired) electrons. The smallest absolute Gasteiger partial charge is 0.131 e. The molecule has 2 fully saturated rings. The van der Waals surface area contributed by atoms with Crippen molar-refractivity contribution in [1.82, 2.24) is 4.90 Å². The van der Waals surface area contributed by atoms with E-state index in [2.05, 4.69) is 16.8 Å². The number of aliphatic hydroxyl groups excluding tert-OH is 1. The van der Waals surface area contributed by atoms with Gasteiger partial charge in [0, 0.05) is 30.4 Å². The van der Waals surface area contributed by atoms with Crippen LogP contribution in [0.15, 0.2) is 18.2 Å². The number of nitrogens with zero attached hydrogens (tertiary/aromatic N) is 2. The summed E-state index contributed by atoms with van der Waals surface area (Å²) in [6.45, 7) is 4.75. The lowest BCUT2D eigenvalue weighted by Crippen LogP contribution is -2.53. The molecule has 2 heterocycles. The van der Waals surface area contributed by atoms with E-state index in [-0.39, 0.29) is 5.82 Å². The number of benzene rings is 1. The Morgan fingerprint density at radius 1 is 1.29 bits per heavy atom. The quantitative estimate of drug-likeness (QED) is 0.908. The Labute approximate surface area is 126 Å². The summed E-state index contributed by atoms with van der Waals surface area (Å²) in [6.07, 6.45) is 2.85. The first-order valence-electron chi connectivity index (χ1n) is 7.99. The number of anilines is 1. The van der Waals surface area contributed by atoms with E-state index in [4.69, 9.17) is 0 Å². The van der Waals surface area contributed by atoms with Gasteiger partial charge in [0.05, 0.1) is 6.10 Å². The molecule has 2 unspecified atom stereocenters. The average Bonchev–Trinajstić information content (AvgIpc) is 2.46. The number of fused-ring (bicyclic) bond motifs is 1. The minimum atomic E-state index is -0.770. The van der Waals surface area contributed by atoms with Gasteiger partial charge in [-0.15, -0.1) is 0 Å². The monoisotopic (exact) mass is 292 g/mol. The number of hydrogen-bond acceptors (Lipinski definition) is 3. The summed E-state index contributed by atoms with van der Waals surface area (Å²) in [5.41, 5.74) is 1.32. The maximum absolute atomic E-state index is 14.1. The molecule has 116 valence electrons. The Bertz CT molecular complexity index is 506. The van der Waals surface area contributed by atoms with Crippen molar-refractivity contribution in [3.8, 4) is 0 Å². The molecule has 3 rings (SSSR count). The number of rotatable bonds is 2. The van der Waals surface area contributed by atoms with E-state index in [0.717, 1.165) is 25.2 Å². The first kappa shape index (κ1) is 14.8. The van der Waals surface area contributed by atoms with Crippen LogP contribution in [0.5, 0.6) is 0 Å². The number of likely N-dealkylation sites (tertiary alicyclic amines) is 1. The zero-order valence-electron chi connectivity index (χ0n) is 12.9. The van der Waals surface area contributed by atoms with E-state index >= 15 is 0 Å². The molecule has 1 N–H and O–H groups in total. The predicted octanol–water partition coefficient (Wildman–Crippen LogP) is 2.80. The largest absolute Gasteiger partial charge is 0.389 e. The van der Waals surface area contributed by atoms with Gasteiger partial charge in [0.25, 0.3) is 0 Å². The number of hydrogen-bond donors (Lipinski definition) is 1. The van der Waals surface area contributed by atoms with Gasteiger partial charge in [0.15, 0.2) is 0 Å². The molecular weight excluding hydrogens is 267 g/mol. The van der Waals surface area contributed by atoms with Crippen LogP contribution in [0.2, 0.25) is 0 Å². The Kier molecular flexibility index (Phi) is 4.18. The number of piperidine rings is 2. The maximum atomic E-state index is 14.1. The van der Waals surface area contributed by atoms with Crippen molar-refractivity contribution in [2.45, 2.75) is 38.3 Å². The van der Waals surface area contributed by atoms with E-state index in [1.165, 1.54) is 25.5 Å².